The summed E-state index contributed by atoms with van der Waals surface area (Å²) in [5.74, 6) is -0.994. The van der Waals surface area contributed by atoms with Gasteiger partial charge in [0.25, 0.3) is 10.0 Å². The standard InChI is InChI=1S/C13H16N6O7S/c1-4-26-11(20)7-6-19(18-10(7)27(14,22)23)13(21)17-12-15-8(24-2)5-9(16-12)25-3/h5-6H,4H2,1-3H3,(H2,14,22,23)(H,15,16,17,21). The summed E-state index contributed by atoms with van der Waals surface area (Å²) >= 11 is 0. The summed E-state index contributed by atoms with van der Waals surface area (Å²) in [6, 6.07) is 0.410. The van der Waals surface area contributed by atoms with E-state index in [2.05, 4.69) is 20.4 Å². The summed E-state index contributed by atoms with van der Waals surface area (Å²) in [6.45, 7) is 1.51. The molecule has 2 heterocycles. The summed E-state index contributed by atoms with van der Waals surface area (Å²) < 4.78 is 38.4. The highest BCUT2D eigenvalue weighted by Crippen LogP contribution is 2.18. The predicted molar refractivity (Wildman–Crippen MR) is 89.1 cm³/mol. The Balaban J connectivity index is 2.38. The van der Waals surface area contributed by atoms with E-state index in [-0.39, 0.29) is 24.3 Å². The van der Waals surface area contributed by atoms with Gasteiger partial charge in [-0.25, -0.2) is 23.1 Å². The van der Waals surface area contributed by atoms with Crippen molar-refractivity contribution in [3.8, 4) is 11.8 Å². The van der Waals surface area contributed by atoms with Crippen molar-refractivity contribution in [2.75, 3.05) is 26.1 Å². The number of methoxy groups -OCH3 is 2. The second kappa shape index (κ2) is 7.96. The van der Waals surface area contributed by atoms with Crippen LogP contribution in [0.25, 0.3) is 0 Å². The van der Waals surface area contributed by atoms with E-state index >= 15 is 0 Å². The number of anilines is 1. The third-order valence-corrected chi connectivity index (χ3v) is 3.81. The fourth-order valence-corrected chi connectivity index (χ4v) is 2.49. The van der Waals surface area contributed by atoms with E-state index < -0.39 is 32.6 Å². The molecule has 0 bridgehead atoms. The van der Waals surface area contributed by atoms with Gasteiger partial charge in [0, 0.05) is 0 Å². The van der Waals surface area contributed by atoms with Crippen molar-refractivity contribution >= 4 is 28.0 Å². The molecule has 13 nitrogen and oxygen atoms in total. The number of ether oxygens (including phenoxy) is 3. The minimum atomic E-state index is -4.39. The van der Waals surface area contributed by atoms with Crippen LogP contribution in [0.2, 0.25) is 0 Å². The molecule has 0 fully saturated rings. The van der Waals surface area contributed by atoms with Gasteiger partial charge in [0.2, 0.25) is 22.7 Å². The van der Waals surface area contributed by atoms with Crippen molar-refractivity contribution in [1.29, 1.82) is 0 Å². The normalized spacial score (nSPS) is 11.0. The number of amides is 1. The molecule has 0 saturated carbocycles. The van der Waals surface area contributed by atoms with E-state index in [1.165, 1.54) is 27.2 Å². The number of hydrogen-bond acceptors (Lipinski definition) is 10. The van der Waals surface area contributed by atoms with Crippen molar-refractivity contribution in [2.24, 2.45) is 5.14 Å². The van der Waals surface area contributed by atoms with E-state index in [1.807, 2.05) is 0 Å². The Labute approximate surface area is 153 Å². The van der Waals surface area contributed by atoms with Gasteiger partial charge in [-0.05, 0) is 6.92 Å². The van der Waals surface area contributed by atoms with Crippen molar-refractivity contribution in [1.82, 2.24) is 19.7 Å². The van der Waals surface area contributed by atoms with Gasteiger partial charge in [-0.15, -0.1) is 5.10 Å². The first-order chi connectivity index (χ1) is 12.7. The number of rotatable bonds is 6. The zero-order valence-corrected chi connectivity index (χ0v) is 15.3. The van der Waals surface area contributed by atoms with Crippen LogP contribution in [0.1, 0.15) is 17.3 Å². The summed E-state index contributed by atoms with van der Waals surface area (Å²) in [7, 11) is -1.68. The van der Waals surface area contributed by atoms with Crippen LogP contribution in [0.5, 0.6) is 11.8 Å². The average Bonchev–Trinajstić information content (AvgIpc) is 3.07. The van der Waals surface area contributed by atoms with Crippen LogP contribution in [-0.4, -0.2) is 61.0 Å². The molecule has 146 valence electrons. The summed E-state index contributed by atoms with van der Waals surface area (Å²) in [6.07, 6.45) is 0.866. The predicted octanol–water partition coefficient (Wildman–Crippen LogP) is -0.405. The van der Waals surface area contributed by atoms with Crippen LogP contribution in [0.15, 0.2) is 17.3 Å². The Bertz CT molecular complexity index is 949. The molecule has 0 aliphatic carbocycles. The minimum absolute atomic E-state index is 0.0162. The van der Waals surface area contributed by atoms with Crippen LogP contribution in [0.4, 0.5) is 10.7 Å². The number of nitrogens with one attached hydrogen (secondary N) is 1. The fourth-order valence-electron chi connectivity index (χ4n) is 1.84. The van der Waals surface area contributed by atoms with Crippen LogP contribution in [0, 0.1) is 0 Å². The molecule has 14 heteroatoms. The molecule has 3 N–H and O–H groups in total. The second-order valence-corrected chi connectivity index (χ2v) is 6.24. The van der Waals surface area contributed by atoms with E-state index in [4.69, 9.17) is 19.3 Å². The third-order valence-electron chi connectivity index (χ3n) is 2.97. The Morgan fingerprint density at radius 2 is 1.81 bits per heavy atom. The topological polar surface area (TPSA) is 178 Å². The number of esters is 1. The summed E-state index contributed by atoms with van der Waals surface area (Å²) in [5.41, 5.74) is -0.487. The van der Waals surface area contributed by atoms with Gasteiger partial charge < -0.3 is 14.2 Å². The lowest BCUT2D eigenvalue weighted by atomic mass is 10.4. The molecular formula is C13H16N6O7S. The highest BCUT2D eigenvalue weighted by atomic mass is 32.2. The van der Waals surface area contributed by atoms with Crippen LogP contribution >= 0.6 is 0 Å². The van der Waals surface area contributed by atoms with E-state index in [0.717, 1.165) is 6.20 Å². The van der Waals surface area contributed by atoms with Crippen LogP contribution in [0.3, 0.4) is 0 Å². The van der Waals surface area contributed by atoms with Gasteiger partial charge in [-0.1, -0.05) is 0 Å². The zero-order chi connectivity index (χ0) is 20.2. The zero-order valence-electron chi connectivity index (χ0n) is 14.5. The van der Waals surface area contributed by atoms with E-state index in [1.54, 1.807) is 0 Å². The third kappa shape index (κ3) is 4.68. The fraction of sp³-hybridized carbons (Fsp3) is 0.308. The van der Waals surface area contributed by atoms with E-state index in [0.29, 0.717) is 4.68 Å². The SMILES string of the molecule is CCOC(=O)c1cn(C(=O)Nc2nc(OC)cc(OC)n2)nc1S(N)(=O)=O. The van der Waals surface area contributed by atoms with Crippen molar-refractivity contribution < 1.29 is 32.2 Å². The van der Waals surface area contributed by atoms with Crippen molar-refractivity contribution in [2.45, 2.75) is 11.9 Å². The molecule has 0 unspecified atom stereocenters. The van der Waals surface area contributed by atoms with Gasteiger partial charge in [0.15, 0.2) is 0 Å². The molecule has 2 aromatic rings. The average molecular weight is 400 g/mol. The molecule has 1 amide bonds. The van der Waals surface area contributed by atoms with Crippen LogP contribution < -0.4 is 19.9 Å². The molecular weight excluding hydrogens is 384 g/mol. The molecule has 0 spiro atoms. The Morgan fingerprint density at radius 1 is 1.22 bits per heavy atom. The molecule has 0 aliphatic heterocycles. The van der Waals surface area contributed by atoms with Gasteiger partial charge in [0.05, 0.1) is 33.1 Å². The highest BCUT2D eigenvalue weighted by Gasteiger charge is 2.27. The number of hydrogen-bond donors (Lipinski definition) is 2. The maximum absolute atomic E-state index is 12.3. The smallest absolute Gasteiger partial charge is 0.348 e. The molecule has 2 rings (SSSR count). The van der Waals surface area contributed by atoms with Crippen molar-refractivity contribution in [3.05, 3.63) is 17.8 Å². The van der Waals surface area contributed by atoms with E-state index in [9.17, 15) is 18.0 Å². The van der Waals surface area contributed by atoms with Gasteiger partial charge in [-0.2, -0.15) is 14.6 Å². The maximum Gasteiger partial charge on any atom is 0.348 e. The van der Waals surface area contributed by atoms with Gasteiger partial charge in [0.1, 0.15) is 5.56 Å². The largest absolute Gasteiger partial charge is 0.481 e. The van der Waals surface area contributed by atoms with Crippen molar-refractivity contribution in [3.63, 3.8) is 0 Å². The number of sulfonamides is 1. The lowest BCUT2D eigenvalue weighted by Crippen LogP contribution is -2.22. The summed E-state index contributed by atoms with van der Waals surface area (Å²) in [4.78, 5) is 32.0. The monoisotopic (exact) mass is 400 g/mol. The number of carbonyl (C=O) groups is 2. The molecule has 0 radical (unpaired) electrons. The Hall–Kier alpha value is -3.26. The molecule has 0 saturated heterocycles. The first kappa shape index (κ1) is 20.1. The molecule has 0 aliphatic rings. The molecule has 0 atom stereocenters. The number of nitrogens with zero attached hydrogens (tertiary/aromatic N) is 4. The first-order valence-electron chi connectivity index (χ1n) is 7.27. The Kier molecular flexibility index (Phi) is 5.91. The lowest BCUT2D eigenvalue weighted by Gasteiger charge is -2.07. The number of carbonyl (C=O) groups excluding carboxylic acids is 2. The summed E-state index contributed by atoms with van der Waals surface area (Å²) in [5, 5.41) is 10.0. The first-order valence-corrected chi connectivity index (χ1v) is 8.82. The Morgan fingerprint density at radius 3 is 2.30 bits per heavy atom. The molecule has 2 aromatic heterocycles. The maximum atomic E-state index is 12.3. The quantitative estimate of drug-likeness (QED) is 0.606. The second-order valence-electron chi connectivity index (χ2n) is 4.76. The minimum Gasteiger partial charge on any atom is -0.481 e. The van der Waals surface area contributed by atoms with Gasteiger partial charge in [-0.3, -0.25) is 5.32 Å². The highest BCUT2D eigenvalue weighted by molar-refractivity contribution is 7.89. The number of nitrogens with two attached hydrogens (primary N) is 1. The lowest BCUT2D eigenvalue weighted by molar-refractivity contribution is 0.0522. The van der Waals surface area contributed by atoms with Crippen LogP contribution in [-0.2, 0) is 14.8 Å². The van der Waals surface area contributed by atoms with Gasteiger partial charge >= 0.3 is 12.0 Å². The number of primary sulfonamides is 1. The molecule has 0 aromatic carbocycles. The molecule has 27 heavy (non-hydrogen) atoms. The number of aromatic nitrogens is 4.